The van der Waals surface area contributed by atoms with E-state index in [0.29, 0.717) is 5.88 Å². The van der Waals surface area contributed by atoms with Gasteiger partial charge in [-0.3, -0.25) is 4.79 Å². The number of halogens is 1. The summed E-state index contributed by atoms with van der Waals surface area (Å²) in [6, 6.07) is 7.77. The normalized spacial score (nSPS) is 17.5. The smallest absolute Gasteiger partial charge is 0.227 e. The first-order chi connectivity index (χ1) is 9.31. The van der Waals surface area contributed by atoms with Crippen molar-refractivity contribution < 1.29 is 4.79 Å². The minimum Gasteiger partial charge on any atom is -0.326 e. The van der Waals surface area contributed by atoms with Crippen molar-refractivity contribution in [2.45, 2.75) is 50.8 Å². The number of rotatable bonds is 3. The third-order valence-electron chi connectivity index (χ3n) is 3.90. The first-order valence-corrected chi connectivity index (χ1v) is 7.79. The summed E-state index contributed by atoms with van der Waals surface area (Å²) in [4.78, 5) is 12.3. The number of carbonyl (C=O) groups excluding carboxylic acids is 1. The Morgan fingerprint density at radius 3 is 2.42 bits per heavy atom. The highest BCUT2D eigenvalue weighted by Gasteiger charge is 2.19. The zero-order chi connectivity index (χ0) is 13.5. The molecule has 3 heteroatoms. The maximum Gasteiger partial charge on any atom is 0.227 e. The van der Waals surface area contributed by atoms with E-state index in [1.54, 1.807) is 0 Å². The van der Waals surface area contributed by atoms with E-state index in [0.717, 1.165) is 24.1 Å². The summed E-state index contributed by atoms with van der Waals surface area (Å²) in [5.74, 6) is 0.768. The number of hydrogen-bond donors (Lipinski definition) is 1. The van der Waals surface area contributed by atoms with Gasteiger partial charge in [0.25, 0.3) is 0 Å². The summed E-state index contributed by atoms with van der Waals surface area (Å²) < 4.78 is 0. The minimum absolute atomic E-state index is 0.166. The number of para-hydroxylation sites is 1. The van der Waals surface area contributed by atoms with Crippen LogP contribution in [-0.2, 0) is 10.7 Å². The molecule has 2 nitrogen and oxygen atoms in total. The van der Waals surface area contributed by atoms with Crippen LogP contribution in [-0.4, -0.2) is 5.91 Å². The molecule has 1 amide bonds. The van der Waals surface area contributed by atoms with Crippen molar-refractivity contribution in [3.05, 3.63) is 29.8 Å². The summed E-state index contributed by atoms with van der Waals surface area (Å²) in [5, 5.41) is 3.06. The van der Waals surface area contributed by atoms with Crippen LogP contribution in [0.4, 0.5) is 5.69 Å². The molecule has 1 N–H and O–H groups in total. The molecule has 0 unspecified atom stereocenters. The van der Waals surface area contributed by atoms with Gasteiger partial charge in [-0.1, -0.05) is 50.3 Å². The fourth-order valence-electron chi connectivity index (χ4n) is 2.71. The number of carbonyl (C=O) groups is 1. The van der Waals surface area contributed by atoms with E-state index in [9.17, 15) is 4.79 Å². The number of hydrogen-bond acceptors (Lipinski definition) is 1. The van der Waals surface area contributed by atoms with Crippen molar-refractivity contribution in [2.24, 2.45) is 5.92 Å². The molecule has 1 aliphatic rings. The predicted molar refractivity (Wildman–Crippen MR) is 80.4 cm³/mol. The standard InChI is InChI=1S/C16H22ClNO/c17-12-14-10-6-7-11-15(14)18-16(19)13-8-4-2-1-3-5-9-13/h6-7,10-11,13H,1-5,8-9,12H2,(H,18,19). The van der Waals surface area contributed by atoms with Crippen LogP contribution >= 0.6 is 11.6 Å². The van der Waals surface area contributed by atoms with Gasteiger partial charge in [0.05, 0.1) is 0 Å². The molecule has 2 rings (SSSR count). The Kier molecular flexibility index (Phi) is 5.71. The summed E-state index contributed by atoms with van der Waals surface area (Å²) in [6.07, 6.45) is 8.25. The lowest BCUT2D eigenvalue weighted by atomic mass is 9.90. The van der Waals surface area contributed by atoms with Gasteiger partial charge >= 0.3 is 0 Å². The highest BCUT2D eigenvalue weighted by molar-refractivity contribution is 6.17. The second-order valence-electron chi connectivity index (χ2n) is 5.32. The molecule has 0 saturated heterocycles. The highest BCUT2D eigenvalue weighted by Crippen LogP contribution is 2.25. The lowest BCUT2D eigenvalue weighted by molar-refractivity contribution is -0.120. The van der Waals surface area contributed by atoms with Crippen LogP contribution in [0, 0.1) is 5.92 Å². The monoisotopic (exact) mass is 279 g/mol. The molecule has 0 bridgehead atoms. The molecule has 0 atom stereocenters. The molecule has 0 aliphatic heterocycles. The van der Waals surface area contributed by atoms with Crippen molar-refractivity contribution in [1.82, 2.24) is 0 Å². The quantitative estimate of drug-likeness (QED) is 0.797. The molecule has 104 valence electrons. The van der Waals surface area contributed by atoms with Gasteiger partial charge in [-0.05, 0) is 24.5 Å². The third-order valence-corrected chi connectivity index (χ3v) is 4.18. The van der Waals surface area contributed by atoms with Crippen LogP contribution in [0.25, 0.3) is 0 Å². The number of benzene rings is 1. The van der Waals surface area contributed by atoms with E-state index in [4.69, 9.17) is 11.6 Å². The van der Waals surface area contributed by atoms with Gasteiger partial charge in [0.2, 0.25) is 5.91 Å². The summed E-state index contributed by atoms with van der Waals surface area (Å²) >= 11 is 5.90. The summed E-state index contributed by atoms with van der Waals surface area (Å²) in [6.45, 7) is 0. The van der Waals surface area contributed by atoms with E-state index in [1.807, 2.05) is 24.3 Å². The second kappa shape index (κ2) is 7.54. The molecule has 1 saturated carbocycles. The molecule has 0 radical (unpaired) electrons. The Balaban J connectivity index is 1.98. The van der Waals surface area contributed by atoms with Gasteiger partial charge < -0.3 is 5.32 Å². The van der Waals surface area contributed by atoms with E-state index in [2.05, 4.69) is 5.32 Å². The third kappa shape index (κ3) is 4.24. The zero-order valence-electron chi connectivity index (χ0n) is 11.3. The number of alkyl halides is 1. The van der Waals surface area contributed by atoms with Gasteiger partial charge in [0, 0.05) is 17.5 Å². The molecule has 1 fully saturated rings. The predicted octanol–water partition coefficient (Wildman–Crippen LogP) is 4.72. The maximum absolute atomic E-state index is 12.3. The van der Waals surface area contributed by atoms with Crippen molar-refractivity contribution in [3.8, 4) is 0 Å². The first-order valence-electron chi connectivity index (χ1n) is 7.26. The average Bonchev–Trinajstić information content (AvgIpc) is 2.38. The molecule has 0 heterocycles. The largest absolute Gasteiger partial charge is 0.326 e. The van der Waals surface area contributed by atoms with E-state index in [-0.39, 0.29) is 11.8 Å². The zero-order valence-corrected chi connectivity index (χ0v) is 12.1. The van der Waals surface area contributed by atoms with E-state index in [1.165, 1.54) is 32.1 Å². The van der Waals surface area contributed by atoms with Crippen LogP contribution in [0.3, 0.4) is 0 Å². The molecule has 1 aromatic carbocycles. The SMILES string of the molecule is O=C(Nc1ccccc1CCl)C1CCCCCCC1. The van der Waals surface area contributed by atoms with E-state index >= 15 is 0 Å². The van der Waals surface area contributed by atoms with Gasteiger partial charge in [-0.2, -0.15) is 0 Å². The highest BCUT2D eigenvalue weighted by atomic mass is 35.5. The Morgan fingerprint density at radius 1 is 1.11 bits per heavy atom. The molecule has 1 aliphatic carbocycles. The maximum atomic E-state index is 12.3. The van der Waals surface area contributed by atoms with Gasteiger partial charge in [0.15, 0.2) is 0 Å². The molecule has 19 heavy (non-hydrogen) atoms. The lowest BCUT2D eigenvalue weighted by Gasteiger charge is -2.19. The topological polar surface area (TPSA) is 29.1 Å². The molecule has 0 spiro atoms. The van der Waals surface area contributed by atoms with Crippen molar-refractivity contribution >= 4 is 23.2 Å². The average molecular weight is 280 g/mol. The van der Waals surface area contributed by atoms with E-state index < -0.39 is 0 Å². The molecule has 1 aromatic rings. The Labute approximate surface area is 120 Å². The Bertz CT molecular complexity index is 411. The van der Waals surface area contributed by atoms with Crippen molar-refractivity contribution in [2.75, 3.05) is 5.32 Å². The minimum atomic E-state index is 0.166. The fourth-order valence-corrected chi connectivity index (χ4v) is 2.94. The Hall–Kier alpha value is -1.02. The van der Waals surface area contributed by atoms with Crippen LogP contribution < -0.4 is 5.32 Å². The molecule has 0 aromatic heterocycles. The van der Waals surface area contributed by atoms with Gasteiger partial charge in [-0.15, -0.1) is 11.6 Å². The van der Waals surface area contributed by atoms with Crippen LogP contribution in [0.15, 0.2) is 24.3 Å². The number of amides is 1. The summed E-state index contributed by atoms with van der Waals surface area (Å²) in [7, 11) is 0. The fraction of sp³-hybridized carbons (Fsp3) is 0.562. The lowest BCUT2D eigenvalue weighted by Crippen LogP contribution is -2.24. The van der Waals surface area contributed by atoms with Crippen molar-refractivity contribution in [3.63, 3.8) is 0 Å². The van der Waals surface area contributed by atoms with Crippen LogP contribution in [0.2, 0.25) is 0 Å². The number of anilines is 1. The summed E-state index contributed by atoms with van der Waals surface area (Å²) in [5.41, 5.74) is 1.85. The van der Waals surface area contributed by atoms with Crippen LogP contribution in [0.5, 0.6) is 0 Å². The first kappa shape index (κ1) is 14.4. The van der Waals surface area contributed by atoms with Crippen LogP contribution in [0.1, 0.15) is 50.5 Å². The number of nitrogens with one attached hydrogen (secondary N) is 1. The van der Waals surface area contributed by atoms with Crippen molar-refractivity contribution in [1.29, 1.82) is 0 Å². The molecular formula is C16H22ClNO. The second-order valence-corrected chi connectivity index (χ2v) is 5.59. The Morgan fingerprint density at radius 2 is 1.74 bits per heavy atom. The van der Waals surface area contributed by atoms with Gasteiger partial charge in [0.1, 0.15) is 0 Å². The van der Waals surface area contributed by atoms with Gasteiger partial charge in [-0.25, -0.2) is 0 Å². The molecular weight excluding hydrogens is 258 g/mol.